The zero-order valence-corrected chi connectivity index (χ0v) is 16.8. The maximum Gasteiger partial charge on any atom is 0.265 e. The molecule has 0 fully saturated rings. The third-order valence-electron chi connectivity index (χ3n) is 4.91. The monoisotopic (exact) mass is 412 g/mol. The minimum absolute atomic E-state index is 0.235. The molecule has 7 nitrogen and oxygen atoms in total. The van der Waals surface area contributed by atoms with E-state index >= 15 is 0 Å². The van der Waals surface area contributed by atoms with Crippen molar-refractivity contribution in [2.24, 2.45) is 0 Å². The number of nitrogens with zero attached hydrogens (tertiary/aromatic N) is 1. The highest BCUT2D eigenvalue weighted by molar-refractivity contribution is 7.93. The summed E-state index contributed by atoms with van der Waals surface area (Å²) in [5.74, 6) is 0.758. The van der Waals surface area contributed by atoms with Crippen molar-refractivity contribution >= 4 is 32.4 Å². The van der Waals surface area contributed by atoms with Crippen molar-refractivity contribution in [3.8, 4) is 11.5 Å². The Kier molecular flexibility index (Phi) is 4.79. The molecule has 0 aliphatic carbocycles. The van der Waals surface area contributed by atoms with E-state index in [4.69, 9.17) is 9.47 Å². The highest BCUT2D eigenvalue weighted by atomic mass is 32.2. The molecule has 1 heterocycles. The Balaban J connectivity index is 1.52. The molecule has 1 aliphatic rings. The molecule has 4 rings (SSSR count). The van der Waals surface area contributed by atoms with Crippen LogP contribution in [0, 0.1) is 0 Å². The maximum atomic E-state index is 12.9. The lowest BCUT2D eigenvalue weighted by molar-refractivity contribution is -0.119. The second-order valence-electron chi connectivity index (χ2n) is 6.61. The van der Waals surface area contributed by atoms with Crippen molar-refractivity contribution in [3.05, 3.63) is 60.2 Å². The molecule has 0 spiro atoms. The number of carbonyl (C=O) groups excluding carboxylic acids is 1. The number of amides is 1. The van der Waals surface area contributed by atoms with Crippen LogP contribution >= 0.6 is 0 Å². The van der Waals surface area contributed by atoms with Crippen LogP contribution in [0.5, 0.6) is 11.5 Å². The molecule has 1 N–H and O–H groups in total. The van der Waals surface area contributed by atoms with Crippen molar-refractivity contribution in [1.29, 1.82) is 0 Å². The summed E-state index contributed by atoms with van der Waals surface area (Å²) >= 11 is 0. The molecular formula is C21H20N2O5S. The van der Waals surface area contributed by atoms with Gasteiger partial charge >= 0.3 is 0 Å². The lowest BCUT2D eigenvalue weighted by Gasteiger charge is -2.18. The molecule has 3 aromatic carbocycles. The summed E-state index contributed by atoms with van der Waals surface area (Å²) in [6.45, 7) is -0.0480. The molecule has 0 bridgehead atoms. The van der Waals surface area contributed by atoms with E-state index in [1.54, 1.807) is 43.5 Å². The number of benzene rings is 3. The van der Waals surface area contributed by atoms with Crippen LogP contribution in [0.15, 0.2) is 59.5 Å². The number of nitrogens with one attached hydrogen (secondary N) is 1. The normalized spacial score (nSPS) is 14.1. The van der Waals surface area contributed by atoms with Gasteiger partial charge in [-0.2, -0.15) is 0 Å². The Labute approximate surface area is 168 Å². The van der Waals surface area contributed by atoms with E-state index in [1.165, 1.54) is 7.11 Å². The third kappa shape index (κ3) is 3.25. The van der Waals surface area contributed by atoms with E-state index in [-0.39, 0.29) is 18.0 Å². The maximum absolute atomic E-state index is 12.9. The molecule has 8 heteroatoms. The smallest absolute Gasteiger partial charge is 0.265 e. The molecule has 0 aromatic heterocycles. The minimum Gasteiger partial charge on any atom is -0.493 e. The van der Waals surface area contributed by atoms with Crippen LogP contribution in [-0.2, 0) is 21.4 Å². The molecule has 0 saturated carbocycles. The van der Waals surface area contributed by atoms with Gasteiger partial charge < -0.3 is 14.8 Å². The first-order chi connectivity index (χ1) is 14.0. The van der Waals surface area contributed by atoms with E-state index in [1.807, 2.05) is 18.2 Å². The first kappa shape index (κ1) is 19.1. The molecule has 0 saturated heterocycles. The molecule has 1 amide bonds. The van der Waals surface area contributed by atoms with Crippen molar-refractivity contribution in [1.82, 2.24) is 5.32 Å². The van der Waals surface area contributed by atoms with Gasteiger partial charge in [0, 0.05) is 11.9 Å². The Morgan fingerprint density at radius 2 is 1.72 bits per heavy atom. The zero-order valence-electron chi connectivity index (χ0n) is 16.0. The van der Waals surface area contributed by atoms with Gasteiger partial charge in [0.05, 0.1) is 24.8 Å². The van der Waals surface area contributed by atoms with E-state index < -0.39 is 15.9 Å². The Bertz CT molecular complexity index is 1200. The van der Waals surface area contributed by atoms with Gasteiger partial charge in [-0.3, -0.25) is 9.10 Å². The summed E-state index contributed by atoms with van der Waals surface area (Å²) in [6.07, 6.45) is 0. The minimum atomic E-state index is -3.76. The molecule has 29 heavy (non-hydrogen) atoms. The summed E-state index contributed by atoms with van der Waals surface area (Å²) in [7, 11) is -0.672. The van der Waals surface area contributed by atoms with Crippen LogP contribution in [0.1, 0.15) is 5.56 Å². The van der Waals surface area contributed by atoms with E-state index in [9.17, 15) is 13.2 Å². The molecule has 0 atom stereocenters. The Morgan fingerprint density at radius 3 is 2.45 bits per heavy atom. The second kappa shape index (κ2) is 7.29. The third-order valence-corrected chi connectivity index (χ3v) is 6.71. The average molecular weight is 412 g/mol. The zero-order chi connectivity index (χ0) is 20.6. The number of hydrogen-bond donors (Lipinski definition) is 1. The molecule has 1 aliphatic heterocycles. The van der Waals surface area contributed by atoms with Gasteiger partial charge in [-0.1, -0.05) is 30.3 Å². The molecule has 0 radical (unpaired) electrons. The summed E-state index contributed by atoms with van der Waals surface area (Å²) < 4.78 is 37.5. The highest BCUT2D eigenvalue weighted by Crippen LogP contribution is 2.41. The van der Waals surface area contributed by atoms with Gasteiger partial charge in [0.1, 0.15) is 6.54 Å². The van der Waals surface area contributed by atoms with E-state index in [0.29, 0.717) is 22.6 Å². The topological polar surface area (TPSA) is 84.9 Å². The van der Waals surface area contributed by atoms with Crippen molar-refractivity contribution < 1.29 is 22.7 Å². The summed E-state index contributed by atoms with van der Waals surface area (Å²) in [5.41, 5.74) is 1.34. The van der Waals surface area contributed by atoms with Crippen molar-refractivity contribution in [2.75, 3.05) is 25.1 Å². The average Bonchev–Trinajstić information content (AvgIpc) is 2.95. The fourth-order valence-electron chi connectivity index (χ4n) is 3.51. The van der Waals surface area contributed by atoms with Gasteiger partial charge in [-0.05, 0) is 35.2 Å². The van der Waals surface area contributed by atoms with Crippen molar-refractivity contribution in [3.63, 3.8) is 0 Å². The predicted octanol–water partition coefficient (Wildman–Crippen LogP) is 2.68. The summed E-state index contributed by atoms with van der Waals surface area (Å²) in [4.78, 5) is 12.8. The SMILES string of the molecule is COc1ccc(CNC(=O)CN2c3cccc4cccc(c34)S2(=O)=O)cc1OC. The first-order valence-electron chi connectivity index (χ1n) is 8.98. The van der Waals surface area contributed by atoms with Gasteiger partial charge in [0.2, 0.25) is 5.91 Å². The van der Waals surface area contributed by atoms with E-state index in [0.717, 1.165) is 15.3 Å². The highest BCUT2D eigenvalue weighted by Gasteiger charge is 2.36. The molecule has 3 aromatic rings. The lowest BCUT2D eigenvalue weighted by Crippen LogP contribution is -2.38. The van der Waals surface area contributed by atoms with E-state index in [2.05, 4.69) is 5.32 Å². The number of carbonyl (C=O) groups is 1. The van der Waals surface area contributed by atoms with Crippen LogP contribution in [-0.4, -0.2) is 35.1 Å². The van der Waals surface area contributed by atoms with Crippen molar-refractivity contribution in [2.45, 2.75) is 11.4 Å². The number of hydrogen-bond acceptors (Lipinski definition) is 5. The van der Waals surface area contributed by atoms with Gasteiger partial charge in [-0.25, -0.2) is 8.42 Å². The van der Waals surface area contributed by atoms with Crippen LogP contribution in [0.2, 0.25) is 0 Å². The number of ether oxygens (including phenoxy) is 2. The Morgan fingerprint density at radius 1 is 1.00 bits per heavy atom. The Hall–Kier alpha value is -3.26. The van der Waals surface area contributed by atoms with Crippen LogP contribution < -0.4 is 19.1 Å². The number of rotatable bonds is 6. The quantitative estimate of drug-likeness (QED) is 0.673. The van der Waals surface area contributed by atoms with Crippen LogP contribution in [0.4, 0.5) is 5.69 Å². The molecule has 150 valence electrons. The van der Waals surface area contributed by atoms with Gasteiger partial charge in [0.15, 0.2) is 11.5 Å². The fourth-order valence-corrected chi connectivity index (χ4v) is 5.17. The number of methoxy groups -OCH3 is 2. The molecule has 0 unspecified atom stereocenters. The molecular weight excluding hydrogens is 392 g/mol. The largest absolute Gasteiger partial charge is 0.493 e. The summed E-state index contributed by atoms with van der Waals surface area (Å²) in [5, 5.41) is 4.26. The van der Waals surface area contributed by atoms with Gasteiger partial charge in [-0.15, -0.1) is 0 Å². The van der Waals surface area contributed by atoms with Crippen LogP contribution in [0.3, 0.4) is 0 Å². The standard InChI is InChI=1S/C21H20N2O5S/c1-27-17-10-9-14(11-18(17)28-2)12-22-20(24)13-23-16-7-3-5-15-6-4-8-19(21(15)16)29(23,25)26/h3-11H,12-13H2,1-2H3,(H,22,24). The fraction of sp³-hybridized carbons (Fsp3) is 0.190. The first-order valence-corrected chi connectivity index (χ1v) is 10.4. The number of sulfonamides is 1. The second-order valence-corrected chi connectivity index (χ2v) is 8.44. The number of anilines is 1. The van der Waals surface area contributed by atoms with Gasteiger partial charge in [0.25, 0.3) is 10.0 Å². The predicted molar refractivity (Wildman–Crippen MR) is 110 cm³/mol. The van der Waals surface area contributed by atoms with Crippen LogP contribution in [0.25, 0.3) is 10.8 Å². The summed E-state index contributed by atoms with van der Waals surface area (Å²) in [6, 6.07) is 15.8. The lowest BCUT2D eigenvalue weighted by atomic mass is 10.1.